The molecule has 1 N–H and O–H groups in total. The molecule has 0 fully saturated rings. The van der Waals surface area contributed by atoms with Gasteiger partial charge in [0.1, 0.15) is 0 Å². The first kappa shape index (κ1) is 12.7. The van der Waals surface area contributed by atoms with Crippen LogP contribution in [-0.2, 0) is 4.74 Å². The average Bonchev–Trinajstić information content (AvgIpc) is 2.04. The normalized spacial score (nSPS) is 14.2. The van der Waals surface area contributed by atoms with Gasteiger partial charge in [-0.25, -0.2) is 0 Å². The molecule has 0 aromatic rings. The number of nitrogens with one attached hydrogen (secondary N) is 1. The van der Waals surface area contributed by atoms with Crippen molar-refractivity contribution in [3.8, 4) is 0 Å². The minimum atomic E-state index is -0.00469. The highest BCUT2D eigenvalue weighted by molar-refractivity contribution is 4.73. The third-order valence-corrected chi connectivity index (χ3v) is 2.09. The zero-order valence-corrected chi connectivity index (χ0v) is 9.39. The van der Waals surface area contributed by atoms with Crippen molar-refractivity contribution in [1.82, 2.24) is 5.32 Å². The highest BCUT2D eigenvalue weighted by Gasteiger charge is 2.18. The number of rotatable bonds is 7. The number of hydrogen-bond acceptors (Lipinski definition) is 2. The Morgan fingerprint density at radius 3 is 2.62 bits per heavy atom. The molecule has 2 nitrogen and oxygen atoms in total. The van der Waals surface area contributed by atoms with Crippen LogP contribution in [0.3, 0.4) is 0 Å². The molecule has 0 aliphatic rings. The van der Waals surface area contributed by atoms with Gasteiger partial charge in [0.15, 0.2) is 0 Å². The fraction of sp³-hybridized carbons (Fsp3) is 0.818. The van der Waals surface area contributed by atoms with Gasteiger partial charge in [0.2, 0.25) is 0 Å². The van der Waals surface area contributed by atoms with Gasteiger partial charge in [-0.15, -0.1) is 6.58 Å². The van der Waals surface area contributed by atoms with Crippen molar-refractivity contribution in [2.75, 3.05) is 13.1 Å². The first-order chi connectivity index (χ1) is 6.02. The van der Waals surface area contributed by atoms with Gasteiger partial charge < -0.3 is 10.1 Å². The van der Waals surface area contributed by atoms with Gasteiger partial charge in [-0.3, -0.25) is 0 Å². The van der Waals surface area contributed by atoms with Crippen LogP contribution in [0.1, 0.15) is 34.1 Å². The van der Waals surface area contributed by atoms with Crippen LogP contribution in [0, 0.1) is 0 Å². The van der Waals surface area contributed by atoms with E-state index in [-0.39, 0.29) is 11.7 Å². The molecule has 13 heavy (non-hydrogen) atoms. The second-order valence-electron chi connectivity index (χ2n) is 3.99. The van der Waals surface area contributed by atoms with Crippen LogP contribution < -0.4 is 5.32 Å². The van der Waals surface area contributed by atoms with Crippen molar-refractivity contribution in [3.05, 3.63) is 12.7 Å². The standard InChI is InChI=1S/C11H23NO/c1-6-8-12-9-10(3)13-11(4,5)7-2/h6,10,12H,1,7-9H2,2-5H3. The molecule has 0 spiro atoms. The zero-order chi connectivity index (χ0) is 10.3. The van der Waals surface area contributed by atoms with Crippen molar-refractivity contribution in [2.24, 2.45) is 0 Å². The van der Waals surface area contributed by atoms with Gasteiger partial charge in [0.05, 0.1) is 11.7 Å². The van der Waals surface area contributed by atoms with E-state index in [4.69, 9.17) is 4.74 Å². The molecule has 78 valence electrons. The van der Waals surface area contributed by atoms with E-state index in [1.54, 1.807) is 0 Å². The van der Waals surface area contributed by atoms with Crippen LogP contribution in [0.25, 0.3) is 0 Å². The molecular weight excluding hydrogens is 162 g/mol. The molecule has 0 aromatic heterocycles. The fourth-order valence-electron chi connectivity index (χ4n) is 1.06. The molecule has 1 unspecified atom stereocenters. The third-order valence-electron chi connectivity index (χ3n) is 2.09. The van der Waals surface area contributed by atoms with Crippen LogP contribution in [0.2, 0.25) is 0 Å². The van der Waals surface area contributed by atoms with Gasteiger partial charge in [-0.05, 0) is 27.2 Å². The molecule has 0 heterocycles. The molecule has 0 rings (SSSR count). The lowest BCUT2D eigenvalue weighted by Crippen LogP contribution is -2.34. The first-order valence-electron chi connectivity index (χ1n) is 5.01. The van der Waals surface area contributed by atoms with Crippen LogP contribution in [0.4, 0.5) is 0 Å². The molecule has 0 amide bonds. The van der Waals surface area contributed by atoms with E-state index < -0.39 is 0 Å². The van der Waals surface area contributed by atoms with Crippen molar-refractivity contribution < 1.29 is 4.74 Å². The van der Waals surface area contributed by atoms with E-state index in [0.717, 1.165) is 19.5 Å². The summed E-state index contributed by atoms with van der Waals surface area (Å²) in [6.07, 6.45) is 3.16. The first-order valence-corrected chi connectivity index (χ1v) is 5.01. The van der Waals surface area contributed by atoms with E-state index in [0.29, 0.717) is 0 Å². The predicted molar refractivity (Wildman–Crippen MR) is 58.0 cm³/mol. The molecular formula is C11H23NO. The summed E-state index contributed by atoms with van der Waals surface area (Å²) in [6.45, 7) is 13.9. The van der Waals surface area contributed by atoms with Crippen LogP contribution in [0.15, 0.2) is 12.7 Å². The van der Waals surface area contributed by atoms with Gasteiger partial charge in [-0.1, -0.05) is 13.0 Å². The Morgan fingerprint density at radius 2 is 2.15 bits per heavy atom. The summed E-state index contributed by atoms with van der Waals surface area (Å²) in [5.41, 5.74) is -0.00469. The van der Waals surface area contributed by atoms with Crippen LogP contribution >= 0.6 is 0 Å². The van der Waals surface area contributed by atoms with Crippen molar-refractivity contribution in [2.45, 2.75) is 45.8 Å². The molecule has 0 bridgehead atoms. The Hall–Kier alpha value is -0.340. The second-order valence-corrected chi connectivity index (χ2v) is 3.99. The van der Waals surface area contributed by atoms with Crippen LogP contribution in [0.5, 0.6) is 0 Å². The Bertz CT molecular complexity index is 143. The van der Waals surface area contributed by atoms with Crippen molar-refractivity contribution in [3.63, 3.8) is 0 Å². The summed E-state index contributed by atoms with van der Waals surface area (Å²) in [6, 6.07) is 0. The summed E-state index contributed by atoms with van der Waals surface area (Å²) in [5, 5.41) is 3.24. The summed E-state index contributed by atoms with van der Waals surface area (Å²) < 4.78 is 5.84. The van der Waals surface area contributed by atoms with E-state index in [1.165, 1.54) is 0 Å². The maximum atomic E-state index is 5.84. The highest BCUT2D eigenvalue weighted by atomic mass is 16.5. The smallest absolute Gasteiger partial charge is 0.0678 e. The Balaban J connectivity index is 3.60. The summed E-state index contributed by atoms with van der Waals surface area (Å²) >= 11 is 0. The molecule has 0 aliphatic heterocycles. The van der Waals surface area contributed by atoms with E-state index in [2.05, 4.69) is 39.6 Å². The van der Waals surface area contributed by atoms with E-state index in [9.17, 15) is 0 Å². The Kier molecular flexibility index (Phi) is 6.00. The lowest BCUT2D eigenvalue weighted by molar-refractivity contribution is -0.0638. The van der Waals surface area contributed by atoms with Gasteiger partial charge >= 0.3 is 0 Å². The quantitative estimate of drug-likeness (QED) is 0.485. The van der Waals surface area contributed by atoms with E-state index in [1.807, 2.05) is 6.08 Å². The second kappa shape index (κ2) is 6.17. The van der Waals surface area contributed by atoms with E-state index >= 15 is 0 Å². The van der Waals surface area contributed by atoms with Crippen LogP contribution in [-0.4, -0.2) is 24.8 Å². The molecule has 2 heteroatoms. The predicted octanol–water partition coefficient (Wildman–Crippen LogP) is 2.36. The lowest BCUT2D eigenvalue weighted by atomic mass is 10.1. The lowest BCUT2D eigenvalue weighted by Gasteiger charge is -2.28. The highest BCUT2D eigenvalue weighted by Crippen LogP contribution is 2.15. The van der Waals surface area contributed by atoms with Crippen molar-refractivity contribution >= 4 is 0 Å². The maximum Gasteiger partial charge on any atom is 0.0678 e. The molecule has 0 radical (unpaired) electrons. The largest absolute Gasteiger partial charge is 0.371 e. The monoisotopic (exact) mass is 185 g/mol. The molecule has 0 saturated carbocycles. The van der Waals surface area contributed by atoms with Gasteiger partial charge in [0.25, 0.3) is 0 Å². The SMILES string of the molecule is C=CCNCC(C)OC(C)(C)CC. The molecule has 1 atom stereocenters. The summed E-state index contributed by atoms with van der Waals surface area (Å²) in [7, 11) is 0. The maximum absolute atomic E-state index is 5.84. The molecule has 0 aliphatic carbocycles. The topological polar surface area (TPSA) is 21.3 Å². The minimum absolute atomic E-state index is 0.00469. The summed E-state index contributed by atoms with van der Waals surface area (Å²) in [4.78, 5) is 0. The number of hydrogen-bond donors (Lipinski definition) is 1. The number of ether oxygens (including phenoxy) is 1. The van der Waals surface area contributed by atoms with Gasteiger partial charge in [-0.2, -0.15) is 0 Å². The Morgan fingerprint density at radius 1 is 1.54 bits per heavy atom. The summed E-state index contributed by atoms with van der Waals surface area (Å²) in [5.74, 6) is 0. The fourth-order valence-corrected chi connectivity index (χ4v) is 1.06. The third kappa shape index (κ3) is 6.79. The molecule has 0 aromatic carbocycles. The van der Waals surface area contributed by atoms with Gasteiger partial charge in [0, 0.05) is 13.1 Å². The Labute approximate surface area is 82.4 Å². The zero-order valence-electron chi connectivity index (χ0n) is 9.39. The van der Waals surface area contributed by atoms with Crippen molar-refractivity contribution in [1.29, 1.82) is 0 Å². The minimum Gasteiger partial charge on any atom is -0.371 e. The average molecular weight is 185 g/mol. The molecule has 0 saturated heterocycles.